The monoisotopic (exact) mass is 402 g/mol. The molecule has 3 saturated heterocycles. The fourth-order valence-electron chi connectivity index (χ4n) is 4.33. The largest absolute Gasteiger partial charge is 0.381 e. The van der Waals surface area contributed by atoms with Gasteiger partial charge < -0.3 is 9.47 Å². The van der Waals surface area contributed by atoms with Crippen LogP contribution in [-0.4, -0.2) is 75.3 Å². The van der Waals surface area contributed by atoms with Crippen LogP contribution in [-0.2, 0) is 19.5 Å². The molecular weight excluding hydrogens is 378 g/mol. The second-order valence-corrected chi connectivity index (χ2v) is 9.48. The third-order valence-corrected chi connectivity index (χ3v) is 7.56. The Morgan fingerprint density at radius 3 is 2.41 bits per heavy atom. The second-order valence-electron chi connectivity index (χ2n) is 7.54. The maximum Gasteiger partial charge on any atom is 0.243 e. The minimum atomic E-state index is -3.98. The molecule has 3 fully saturated rings. The highest BCUT2D eigenvalue weighted by molar-refractivity contribution is 7.89. The van der Waals surface area contributed by atoms with Crippen molar-refractivity contribution < 1.29 is 26.7 Å². The first-order valence-electron chi connectivity index (χ1n) is 9.30. The van der Waals surface area contributed by atoms with Gasteiger partial charge in [-0.3, -0.25) is 4.90 Å². The Morgan fingerprint density at radius 2 is 1.70 bits per heavy atom. The molecule has 27 heavy (non-hydrogen) atoms. The highest BCUT2D eigenvalue weighted by Gasteiger charge is 2.47. The van der Waals surface area contributed by atoms with Crippen LogP contribution in [0.25, 0.3) is 0 Å². The van der Waals surface area contributed by atoms with Crippen molar-refractivity contribution in [2.45, 2.75) is 35.8 Å². The summed E-state index contributed by atoms with van der Waals surface area (Å²) in [5, 5.41) is 0. The minimum absolute atomic E-state index is 0.180. The van der Waals surface area contributed by atoms with Crippen molar-refractivity contribution in [3.05, 3.63) is 29.8 Å². The van der Waals surface area contributed by atoms with Crippen LogP contribution < -0.4 is 0 Å². The SMILES string of the molecule is O=S(=O)(c1cc(F)cc(F)c1)N1CCOC2(CCN(C3CCOCC3)C2)C1. The maximum absolute atomic E-state index is 13.5. The average Bonchev–Trinajstić information content (AvgIpc) is 3.05. The van der Waals surface area contributed by atoms with Gasteiger partial charge in [0.2, 0.25) is 10.0 Å². The Kier molecular flexibility index (Phi) is 5.24. The average molecular weight is 402 g/mol. The molecule has 1 aromatic rings. The van der Waals surface area contributed by atoms with Gasteiger partial charge in [-0.15, -0.1) is 0 Å². The van der Waals surface area contributed by atoms with E-state index in [2.05, 4.69) is 4.90 Å². The summed E-state index contributed by atoms with van der Waals surface area (Å²) in [6.07, 6.45) is 2.69. The summed E-state index contributed by atoms with van der Waals surface area (Å²) in [7, 11) is -3.98. The van der Waals surface area contributed by atoms with Crippen molar-refractivity contribution in [3.63, 3.8) is 0 Å². The van der Waals surface area contributed by atoms with Crippen LogP contribution in [0.3, 0.4) is 0 Å². The molecule has 150 valence electrons. The summed E-state index contributed by atoms with van der Waals surface area (Å²) in [6, 6.07) is 2.83. The highest BCUT2D eigenvalue weighted by atomic mass is 32.2. The first-order chi connectivity index (χ1) is 12.9. The molecule has 9 heteroatoms. The molecule has 4 rings (SSSR count). The van der Waals surface area contributed by atoms with E-state index in [1.54, 1.807) is 0 Å². The molecule has 3 aliphatic heterocycles. The zero-order valence-corrected chi connectivity index (χ0v) is 15.9. The van der Waals surface area contributed by atoms with Gasteiger partial charge in [-0.05, 0) is 31.4 Å². The number of rotatable bonds is 3. The van der Waals surface area contributed by atoms with Crippen molar-refractivity contribution in [1.29, 1.82) is 0 Å². The van der Waals surface area contributed by atoms with Gasteiger partial charge in [-0.1, -0.05) is 0 Å². The summed E-state index contributed by atoms with van der Waals surface area (Å²) >= 11 is 0. The molecule has 0 radical (unpaired) electrons. The van der Waals surface area contributed by atoms with Crippen LogP contribution in [0.15, 0.2) is 23.1 Å². The quantitative estimate of drug-likeness (QED) is 0.769. The lowest BCUT2D eigenvalue weighted by atomic mass is 10.0. The summed E-state index contributed by atoms with van der Waals surface area (Å²) in [4.78, 5) is 2.01. The lowest BCUT2D eigenvalue weighted by Crippen LogP contribution is -2.55. The lowest BCUT2D eigenvalue weighted by Gasteiger charge is -2.40. The summed E-state index contributed by atoms with van der Waals surface area (Å²) in [6.45, 7) is 3.68. The number of morpholine rings is 1. The van der Waals surface area contributed by atoms with E-state index >= 15 is 0 Å². The fourth-order valence-corrected chi connectivity index (χ4v) is 5.87. The number of hydrogen-bond donors (Lipinski definition) is 0. The second kappa shape index (κ2) is 7.36. The normalized spacial score (nSPS) is 28.8. The Morgan fingerprint density at radius 1 is 1.00 bits per heavy atom. The first-order valence-corrected chi connectivity index (χ1v) is 10.7. The minimum Gasteiger partial charge on any atom is -0.381 e. The molecular formula is C18H24F2N2O4S. The number of hydrogen-bond acceptors (Lipinski definition) is 5. The van der Waals surface area contributed by atoms with Gasteiger partial charge >= 0.3 is 0 Å². The fraction of sp³-hybridized carbons (Fsp3) is 0.667. The molecule has 1 spiro atoms. The smallest absolute Gasteiger partial charge is 0.243 e. The van der Waals surface area contributed by atoms with E-state index in [9.17, 15) is 17.2 Å². The van der Waals surface area contributed by atoms with E-state index in [0.29, 0.717) is 18.7 Å². The van der Waals surface area contributed by atoms with Gasteiger partial charge in [0.25, 0.3) is 0 Å². The molecule has 0 amide bonds. The van der Waals surface area contributed by atoms with Gasteiger partial charge in [-0.2, -0.15) is 4.31 Å². The van der Waals surface area contributed by atoms with Gasteiger partial charge in [0, 0.05) is 51.5 Å². The van der Waals surface area contributed by atoms with Crippen LogP contribution in [0.1, 0.15) is 19.3 Å². The number of nitrogens with zero attached hydrogens (tertiary/aromatic N) is 2. The molecule has 3 heterocycles. The molecule has 1 aromatic carbocycles. The van der Waals surface area contributed by atoms with Crippen LogP contribution in [0.2, 0.25) is 0 Å². The van der Waals surface area contributed by atoms with Crippen LogP contribution in [0.5, 0.6) is 0 Å². The Hall–Kier alpha value is -1.13. The number of ether oxygens (including phenoxy) is 2. The van der Waals surface area contributed by atoms with E-state index < -0.39 is 27.3 Å². The summed E-state index contributed by atoms with van der Waals surface area (Å²) in [5.41, 5.74) is -0.560. The first kappa shape index (κ1) is 19.2. The molecule has 1 unspecified atom stereocenters. The van der Waals surface area contributed by atoms with Crippen molar-refractivity contribution >= 4 is 10.0 Å². The maximum atomic E-state index is 13.5. The predicted octanol–water partition coefficient (Wildman–Crippen LogP) is 1.61. The molecule has 3 aliphatic rings. The highest BCUT2D eigenvalue weighted by Crippen LogP contribution is 2.34. The number of likely N-dealkylation sites (tertiary alicyclic amines) is 1. The number of halogens is 2. The molecule has 0 aromatic heterocycles. The Bertz CT molecular complexity index is 780. The predicted molar refractivity (Wildman–Crippen MR) is 93.8 cm³/mol. The van der Waals surface area contributed by atoms with Crippen LogP contribution in [0, 0.1) is 11.6 Å². The zero-order chi connectivity index (χ0) is 19.1. The lowest BCUT2D eigenvalue weighted by molar-refractivity contribution is -0.0846. The number of benzene rings is 1. The van der Waals surface area contributed by atoms with Crippen molar-refractivity contribution in [2.24, 2.45) is 0 Å². The molecule has 1 atom stereocenters. The number of sulfonamides is 1. The van der Waals surface area contributed by atoms with E-state index in [1.165, 1.54) is 4.31 Å². The zero-order valence-electron chi connectivity index (χ0n) is 15.1. The summed E-state index contributed by atoms with van der Waals surface area (Å²) in [5.74, 6) is -1.80. The van der Waals surface area contributed by atoms with Gasteiger partial charge in [0.05, 0.1) is 17.1 Å². The molecule has 0 aliphatic carbocycles. The van der Waals surface area contributed by atoms with Crippen molar-refractivity contribution in [2.75, 3.05) is 46.0 Å². The van der Waals surface area contributed by atoms with Crippen molar-refractivity contribution in [1.82, 2.24) is 9.21 Å². The van der Waals surface area contributed by atoms with Crippen LogP contribution >= 0.6 is 0 Å². The van der Waals surface area contributed by atoms with Gasteiger partial charge in [0.1, 0.15) is 11.6 Å². The standard InChI is InChI=1S/C18H24F2N2O4S/c19-14-9-15(20)11-17(10-14)27(23,24)22-5-8-26-18(13-22)3-4-21(12-18)16-1-6-25-7-2-16/h9-11,16H,1-8,12-13H2. The third kappa shape index (κ3) is 3.88. The molecule has 0 saturated carbocycles. The molecule has 0 N–H and O–H groups in total. The van der Waals surface area contributed by atoms with Gasteiger partial charge in [-0.25, -0.2) is 17.2 Å². The van der Waals surface area contributed by atoms with E-state index in [0.717, 1.165) is 51.2 Å². The van der Waals surface area contributed by atoms with E-state index in [1.807, 2.05) is 0 Å². The van der Waals surface area contributed by atoms with Crippen LogP contribution in [0.4, 0.5) is 8.78 Å². The van der Waals surface area contributed by atoms with Gasteiger partial charge in [0.15, 0.2) is 0 Å². The summed E-state index contributed by atoms with van der Waals surface area (Å²) < 4.78 is 65.6. The molecule has 6 nitrogen and oxygen atoms in total. The van der Waals surface area contributed by atoms with E-state index in [-0.39, 0.29) is 24.6 Å². The Balaban J connectivity index is 1.51. The Labute approximate surface area is 158 Å². The molecule has 0 bridgehead atoms. The van der Waals surface area contributed by atoms with Crippen molar-refractivity contribution in [3.8, 4) is 0 Å². The third-order valence-electron chi connectivity index (χ3n) is 5.74. The topological polar surface area (TPSA) is 59.1 Å². The van der Waals surface area contributed by atoms with E-state index in [4.69, 9.17) is 9.47 Å².